The van der Waals surface area contributed by atoms with Crippen LogP contribution in [0.25, 0.3) is 0 Å². The molecule has 3 atom stereocenters. The average Bonchev–Trinajstić information content (AvgIpc) is 3.20. The molecule has 0 aliphatic heterocycles. The molecule has 3 rings (SSSR count). The number of hydrogen-bond donors (Lipinski definition) is 2. The number of rotatable bonds is 12. The van der Waals surface area contributed by atoms with E-state index in [-0.39, 0.29) is 0 Å². The Morgan fingerprint density at radius 2 is 1.44 bits per heavy atom. The zero-order valence-corrected chi connectivity index (χ0v) is 39.5. The summed E-state index contributed by atoms with van der Waals surface area (Å²) in [5.41, 5.74) is 9.17. The Labute approximate surface area is 348 Å². The highest BCUT2D eigenvalue weighted by molar-refractivity contribution is 5.15. The van der Waals surface area contributed by atoms with Crippen LogP contribution in [0.15, 0.2) is 105 Å². The van der Waals surface area contributed by atoms with E-state index in [2.05, 4.69) is 163 Å². The summed E-state index contributed by atoms with van der Waals surface area (Å²) < 4.78 is 0. The summed E-state index contributed by atoms with van der Waals surface area (Å²) in [4.78, 5) is 0. The molecule has 3 unspecified atom stereocenters. The molecule has 2 aliphatic carbocycles. The van der Waals surface area contributed by atoms with Crippen molar-refractivity contribution in [2.24, 2.45) is 34.8 Å². The molecule has 2 nitrogen and oxygen atoms in total. The molecule has 55 heavy (non-hydrogen) atoms. The van der Waals surface area contributed by atoms with Crippen LogP contribution in [0.4, 0.5) is 0 Å². The van der Waals surface area contributed by atoms with Crippen LogP contribution in [0, 0.1) is 48.4 Å². The van der Waals surface area contributed by atoms with Gasteiger partial charge in [-0.15, -0.1) is 45.2 Å². The first kappa shape index (κ1) is 63.9. The summed E-state index contributed by atoms with van der Waals surface area (Å²) in [6.07, 6.45) is 30.8. The van der Waals surface area contributed by atoms with Gasteiger partial charge in [0, 0.05) is 24.6 Å². The lowest BCUT2D eigenvalue weighted by molar-refractivity contribution is 0.385. The maximum absolute atomic E-state index is 5.29. The van der Waals surface area contributed by atoms with Gasteiger partial charge in [-0.2, -0.15) is 0 Å². The molecule has 2 aliphatic rings. The smallest absolute Gasteiger partial charge is 0.0169 e. The SMILES string of the molecule is C#CCC(C)C(=C)NCC(C)CCC(C)C.C=C.C=C.C=C(C)CCC.CC.CC1CCCCC1.CCC1(C)C=CC=CC1.CCCN.Cc1ccccc1. The minimum absolute atomic E-state index is 0.377. The lowest BCUT2D eigenvalue weighted by Crippen LogP contribution is -2.23. The maximum Gasteiger partial charge on any atom is 0.0169 e. The molecule has 0 heterocycles. The molecule has 0 spiro atoms. The van der Waals surface area contributed by atoms with Gasteiger partial charge < -0.3 is 11.1 Å². The number of allylic oxidation sites excluding steroid dienone is 6. The maximum atomic E-state index is 5.29. The van der Waals surface area contributed by atoms with E-state index in [0.717, 1.165) is 43.5 Å². The molecule has 0 amide bonds. The van der Waals surface area contributed by atoms with Crippen molar-refractivity contribution in [3.05, 3.63) is 111 Å². The van der Waals surface area contributed by atoms with Gasteiger partial charge >= 0.3 is 0 Å². The van der Waals surface area contributed by atoms with Crippen molar-refractivity contribution in [3.8, 4) is 12.3 Å². The van der Waals surface area contributed by atoms with Crippen LogP contribution in [0.1, 0.15) is 172 Å². The largest absolute Gasteiger partial charge is 0.388 e. The second-order valence-electron chi connectivity index (χ2n) is 15.2. The summed E-state index contributed by atoms with van der Waals surface area (Å²) >= 11 is 0. The van der Waals surface area contributed by atoms with E-state index in [1.165, 1.54) is 81.8 Å². The molecular weight excluding hydrogens is 665 g/mol. The van der Waals surface area contributed by atoms with Crippen molar-refractivity contribution >= 4 is 0 Å². The highest BCUT2D eigenvalue weighted by Crippen LogP contribution is 2.30. The number of benzene rings is 1. The molecular formula is C53H98N2. The molecule has 1 aromatic rings. The van der Waals surface area contributed by atoms with Crippen molar-refractivity contribution in [2.45, 2.75) is 173 Å². The van der Waals surface area contributed by atoms with Crippen molar-refractivity contribution < 1.29 is 0 Å². The van der Waals surface area contributed by atoms with Crippen LogP contribution >= 0.6 is 0 Å². The van der Waals surface area contributed by atoms with Crippen LogP contribution in [0.3, 0.4) is 0 Å². The molecule has 0 saturated heterocycles. The van der Waals surface area contributed by atoms with Gasteiger partial charge in [0.2, 0.25) is 0 Å². The number of hydrogen-bond acceptors (Lipinski definition) is 2. The van der Waals surface area contributed by atoms with Crippen molar-refractivity contribution in [1.82, 2.24) is 5.32 Å². The molecule has 3 N–H and O–H groups in total. The Morgan fingerprint density at radius 3 is 1.71 bits per heavy atom. The third-order valence-electron chi connectivity index (χ3n) is 8.87. The summed E-state index contributed by atoms with van der Waals surface area (Å²) in [6, 6.07) is 10.3. The Bertz CT molecular complexity index is 1000. The van der Waals surface area contributed by atoms with Gasteiger partial charge in [-0.3, -0.25) is 0 Å². The zero-order valence-electron chi connectivity index (χ0n) is 39.5. The Kier molecular flexibility index (Phi) is 59.2. The van der Waals surface area contributed by atoms with Crippen molar-refractivity contribution in [2.75, 3.05) is 13.1 Å². The van der Waals surface area contributed by atoms with E-state index in [1.54, 1.807) is 0 Å². The van der Waals surface area contributed by atoms with Crippen LogP contribution in [0.5, 0.6) is 0 Å². The fourth-order valence-corrected chi connectivity index (χ4v) is 4.80. The predicted octanol–water partition coefficient (Wildman–Crippen LogP) is 16.7. The van der Waals surface area contributed by atoms with Crippen LogP contribution in [0.2, 0.25) is 0 Å². The van der Waals surface area contributed by atoms with E-state index in [9.17, 15) is 0 Å². The third kappa shape index (κ3) is 55.4. The first-order valence-electron chi connectivity index (χ1n) is 21.8. The molecule has 320 valence electrons. The average molecular weight is 763 g/mol. The van der Waals surface area contributed by atoms with E-state index >= 15 is 0 Å². The molecule has 1 aromatic carbocycles. The predicted molar refractivity (Wildman–Crippen MR) is 261 cm³/mol. The summed E-state index contributed by atoms with van der Waals surface area (Å²) in [7, 11) is 0. The summed E-state index contributed by atoms with van der Waals surface area (Å²) in [6.45, 7) is 49.8. The van der Waals surface area contributed by atoms with E-state index < -0.39 is 0 Å². The van der Waals surface area contributed by atoms with Crippen molar-refractivity contribution in [3.63, 3.8) is 0 Å². The molecule has 0 radical (unpaired) electrons. The monoisotopic (exact) mass is 763 g/mol. The van der Waals surface area contributed by atoms with E-state index in [0.29, 0.717) is 17.3 Å². The second-order valence-corrected chi connectivity index (χ2v) is 15.2. The van der Waals surface area contributed by atoms with E-state index in [4.69, 9.17) is 12.2 Å². The highest BCUT2D eigenvalue weighted by atomic mass is 14.9. The van der Waals surface area contributed by atoms with Gasteiger partial charge in [0.05, 0.1) is 0 Å². The van der Waals surface area contributed by atoms with Gasteiger partial charge in [0.1, 0.15) is 0 Å². The highest BCUT2D eigenvalue weighted by Gasteiger charge is 2.17. The van der Waals surface area contributed by atoms with Gasteiger partial charge in [-0.1, -0.05) is 193 Å². The fourth-order valence-electron chi connectivity index (χ4n) is 4.80. The topological polar surface area (TPSA) is 38.0 Å². The van der Waals surface area contributed by atoms with Crippen molar-refractivity contribution in [1.29, 1.82) is 0 Å². The zero-order chi connectivity index (χ0) is 43.9. The quantitative estimate of drug-likeness (QED) is 0.164. The van der Waals surface area contributed by atoms with Gasteiger partial charge in [-0.25, -0.2) is 0 Å². The summed E-state index contributed by atoms with van der Waals surface area (Å²) in [5.74, 6) is 5.59. The molecule has 1 saturated carbocycles. The van der Waals surface area contributed by atoms with Crippen LogP contribution < -0.4 is 11.1 Å². The molecule has 0 aromatic heterocycles. The fraction of sp³-hybridized carbons (Fsp3) is 0.623. The Hall–Kier alpha value is -3.02. The minimum atomic E-state index is 0.377. The van der Waals surface area contributed by atoms with Gasteiger partial charge in [-0.05, 0) is 75.7 Å². The second kappa shape index (κ2) is 51.0. The Balaban J connectivity index is -0.000000133. The standard InChI is InChI=1S/C15H27N.C9H14.C7H14.C7H8.C6H12.C3H9N.C2H6.2C2H4/c1-7-8-14(5)15(6)16-11-13(4)10-9-12(2)3;1-3-9(2)7-5-4-6-8-9;2*1-7-5-3-2-4-6-7;1-4-5-6(2)3;1-2-3-4;3*1-2/h1,12-14,16H,6,8-11H2,2-5H3;4-7H,3,8H2,1-2H3;7H,2-6H2,1H3;2-6H,1H3;2,4-5H2,1,3H3;2-4H2,1H3;1-2H3;2*1-2H2. The lowest BCUT2D eigenvalue weighted by atomic mass is 9.82. The number of terminal acetylenes is 1. The van der Waals surface area contributed by atoms with Crippen LogP contribution in [-0.2, 0) is 0 Å². The number of nitrogens with one attached hydrogen (secondary N) is 1. The third-order valence-corrected chi connectivity index (χ3v) is 8.87. The van der Waals surface area contributed by atoms with Gasteiger partial charge in [0.25, 0.3) is 0 Å². The first-order chi connectivity index (χ1) is 26.2. The molecule has 2 heteroatoms. The Morgan fingerprint density at radius 1 is 0.909 bits per heavy atom. The minimum Gasteiger partial charge on any atom is -0.388 e. The number of nitrogens with two attached hydrogens (primary N) is 1. The number of aryl methyl sites for hydroxylation is 1. The van der Waals surface area contributed by atoms with Gasteiger partial charge in [0.15, 0.2) is 0 Å². The van der Waals surface area contributed by atoms with E-state index in [1.807, 2.05) is 32.0 Å². The van der Waals surface area contributed by atoms with Crippen LogP contribution in [-0.4, -0.2) is 13.1 Å². The molecule has 0 bridgehead atoms. The normalized spacial score (nSPS) is 15.6. The summed E-state index contributed by atoms with van der Waals surface area (Å²) in [5, 5.41) is 3.40. The lowest BCUT2D eigenvalue weighted by Gasteiger charge is -2.23. The molecule has 1 fully saturated rings. The first-order valence-corrected chi connectivity index (χ1v) is 21.8.